The first-order valence-electron chi connectivity index (χ1n) is 3.82. The maximum Gasteiger partial charge on any atom is 0.243 e. The molecule has 0 amide bonds. The van der Waals surface area contributed by atoms with Crippen molar-refractivity contribution in [3.63, 3.8) is 0 Å². The lowest BCUT2D eigenvalue weighted by molar-refractivity contribution is 0.0479. The van der Waals surface area contributed by atoms with Gasteiger partial charge < -0.3 is 4.74 Å². The summed E-state index contributed by atoms with van der Waals surface area (Å²) in [4.78, 5) is 10.6. The summed E-state index contributed by atoms with van der Waals surface area (Å²) in [6.07, 6.45) is 4.46. The molecule has 0 unspecified atom stereocenters. The van der Waals surface area contributed by atoms with Crippen molar-refractivity contribution in [3.05, 3.63) is 0 Å². The Balaban J connectivity index is 2.43. The zero-order valence-corrected chi connectivity index (χ0v) is 6.64. The van der Waals surface area contributed by atoms with Crippen molar-refractivity contribution in [2.45, 2.75) is 38.2 Å². The summed E-state index contributed by atoms with van der Waals surface area (Å²) in [5, 5.41) is 0. The first kappa shape index (κ1) is 7.64. The Hall–Kier alpha value is -0.465. The third kappa shape index (κ3) is 1.76. The van der Waals surface area contributed by atoms with Gasteiger partial charge in [-0.3, -0.25) is 4.79 Å². The lowest BCUT2D eigenvalue weighted by atomic mass is 10.0. The van der Waals surface area contributed by atoms with E-state index in [-0.39, 0.29) is 11.5 Å². The topological polar surface area (TPSA) is 26.3 Å². The van der Waals surface area contributed by atoms with Gasteiger partial charge in [-0.2, -0.15) is 0 Å². The number of carbonyl (C=O) groups excluding carboxylic acids is 1. The van der Waals surface area contributed by atoms with E-state index in [2.05, 4.69) is 0 Å². The molecule has 0 N–H and O–H groups in total. The molecule has 0 aromatic heterocycles. The second-order valence-corrected chi connectivity index (χ2v) is 3.25. The molecule has 0 aromatic rings. The van der Waals surface area contributed by atoms with Crippen LogP contribution < -0.4 is 0 Å². The lowest BCUT2D eigenvalue weighted by Crippen LogP contribution is -2.27. The van der Waals surface area contributed by atoms with Crippen LogP contribution in [-0.2, 0) is 4.74 Å². The minimum absolute atomic E-state index is 0.133. The van der Waals surface area contributed by atoms with Crippen LogP contribution in [0.4, 0.5) is 4.79 Å². The Morgan fingerprint density at radius 1 is 1.50 bits per heavy atom. The summed E-state index contributed by atoms with van der Waals surface area (Å²) >= 11 is 0. The Labute approximate surface area is 62.3 Å². The maximum atomic E-state index is 10.6. The van der Waals surface area contributed by atoms with Gasteiger partial charge in [-0.15, -0.1) is 0 Å². The number of hydrogen-bond donors (Lipinski definition) is 0. The summed E-state index contributed by atoms with van der Waals surface area (Å²) in [6, 6.07) is 0. The van der Waals surface area contributed by atoms with Crippen molar-refractivity contribution in [1.82, 2.24) is 0 Å². The van der Waals surface area contributed by atoms with Crippen LogP contribution in [0.5, 0.6) is 0 Å². The van der Waals surface area contributed by atoms with E-state index in [4.69, 9.17) is 4.74 Å². The summed E-state index contributed by atoms with van der Waals surface area (Å²) in [7, 11) is 1.48. The number of hydrogen-bond acceptors (Lipinski definition) is 2. The average Bonchev–Trinajstić information content (AvgIpc) is 2.12. The summed E-state index contributed by atoms with van der Waals surface area (Å²) < 4.78 is 5.16. The van der Waals surface area contributed by atoms with E-state index in [0.29, 0.717) is 0 Å². The number of ether oxygens (including phenoxy) is 1. The standard InChI is InChI=1S/C7H13BO2/c1-7(10-6(8)9)4-2-3-5-7/h2-5,8H2,1H3. The van der Waals surface area contributed by atoms with Crippen LogP contribution in [0, 0.1) is 0 Å². The molecule has 0 aromatic carbocycles. The van der Waals surface area contributed by atoms with Crippen LogP contribution in [0.25, 0.3) is 0 Å². The summed E-state index contributed by atoms with van der Waals surface area (Å²) in [5.41, 5.74) is -0.133. The van der Waals surface area contributed by atoms with Gasteiger partial charge in [0, 0.05) is 0 Å². The van der Waals surface area contributed by atoms with Crippen molar-refractivity contribution >= 4 is 13.7 Å². The fraction of sp³-hybridized carbons (Fsp3) is 0.857. The Morgan fingerprint density at radius 3 is 2.40 bits per heavy atom. The molecule has 0 atom stereocenters. The molecule has 0 spiro atoms. The molecule has 0 bridgehead atoms. The van der Waals surface area contributed by atoms with Crippen molar-refractivity contribution in [2.75, 3.05) is 0 Å². The molecule has 0 heterocycles. The van der Waals surface area contributed by atoms with E-state index in [1.54, 1.807) is 0 Å². The number of rotatable bonds is 1. The van der Waals surface area contributed by atoms with E-state index >= 15 is 0 Å². The van der Waals surface area contributed by atoms with E-state index in [0.717, 1.165) is 12.8 Å². The first-order valence-corrected chi connectivity index (χ1v) is 3.82. The average molecular weight is 140 g/mol. The lowest BCUT2D eigenvalue weighted by Gasteiger charge is -2.23. The maximum absolute atomic E-state index is 10.6. The SMILES string of the molecule is BC(=O)OC1(C)CCCC1. The molecular formula is C7H13BO2. The third-order valence-electron chi connectivity index (χ3n) is 2.05. The second-order valence-electron chi connectivity index (χ2n) is 3.25. The van der Waals surface area contributed by atoms with E-state index in [9.17, 15) is 4.79 Å². The number of carbonyl (C=O) groups is 1. The summed E-state index contributed by atoms with van der Waals surface area (Å²) in [5.74, 6) is -0.149. The van der Waals surface area contributed by atoms with Gasteiger partial charge in [0.15, 0.2) is 0 Å². The highest BCUT2D eigenvalue weighted by Gasteiger charge is 2.30. The fourth-order valence-corrected chi connectivity index (χ4v) is 1.57. The van der Waals surface area contributed by atoms with Gasteiger partial charge in [0.05, 0.1) is 0 Å². The fourth-order valence-electron chi connectivity index (χ4n) is 1.57. The Bertz CT molecular complexity index is 139. The monoisotopic (exact) mass is 140 g/mol. The van der Waals surface area contributed by atoms with Crippen LogP contribution >= 0.6 is 0 Å². The molecule has 0 saturated heterocycles. The smallest absolute Gasteiger partial charge is 0.243 e. The molecule has 3 heteroatoms. The van der Waals surface area contributed by atoms with Gasteiger partial charge in [-0.25, -0.2) is 0 Å². The third-order valence-corrected chi connectivity index (χ3v) is 2.05. The molecule has 1 aliphatic carbocycles. The normalized spacial score (nSPS) is 22.5. The minimum Gasteiger partial charge on any atom is -0.468 e. The minimum atomic E-state index is -0.149. The molecule has 1 aliphatic rings. The molecule has 1 saturated carbocycles. The van der Waals surface area contributed by atoms with Crippen LogP contribution in [0.3, 0.4) is 0 Å². The van der Waals surface area contributed by atoms with Crippen LogP contribution in [-0.4, -0.2) is 19.3 Å². The molecule has 0 aliphatic heterocycles. The van der Waals surface area contributed by atoms with Crippen molar-refractivity contribution < 1.29 is 9.53 Å². The van der Waals surface area contributed by atoms with Crippen molar-refractivity contribution in [2.24, 2.45) is 0 Å². The molecule has 0 radical (unpaired) electrons. The van der Waals surface area contributed by atoms with Gasteiger partial charge in [-0.05, 0) is 32.6 Å². The second kappa shape index (κ2) is 2.65. The zero-order valence-electron chi connectivity index (χ0n) is 6.64. The van der Waals surface area contributed by atoms with E-state index < -0.39 is 0 Å². The molecule has 56 valence electrons. The van der Waals surface area contributed by atoms with Gasteiger partial charge >= 0.3 is 0 Å². The molecule has 1 rings (SSSR count). The highest BCUT2D eigenvalue weighted by molar-refractivity contribution is 6.55. The molecular weight excluding hydrogens is 127 g/mol. The highest BCUT2D eigenvalue weighted by Crippen LogP contribution is 2.32. The van der Waals surface area contributed by atoms with Gasteiger partial charge in [0.25, 0.3) is 0 Å². The first-order chi connectivity index (χ1) is 4.62. The van der Waals surface area contributed by atoms with E-state index in [1.165, 1.54) is 20.7 Å². The van der Waals surface area contributed by atoms with E-state index in [1.807, 2.05) is 6.92 Å². The van der Waals surface area contributed by atoms with Crippen molar-refractivity contribution in [1.29, 1.82) is 0 Å². The van der Waals surface area contributed by atoms with Gasteiger partial charge in [0.1, 0.15) is 5.60 Å². The van der Waals surface area contributed by atoms with Crippen LogP contribution in [0.15, 0.2) is 0 Å². The largest absolute Gasteiger partial charge is 0.468 e. The van der Waals surface area contributed by atoms with Crippen LogP contribution in [0.2, 0.25) is 0 Å². The van der Waals surface area contributed by atoms with Crippen molar-refractivity contribution in [3.8, 4) is 0 Å². The molecule has 10 heavy (non-hydrogen) atoms. The van der Waals surface area contributed by atoms with Gasteiger partial charge in [0.2, 0.25) is 13.7 Å². The zero-order chi connectivity index (χ0) is 7.61. The predicted octanol–water partition coefficient (Wildman–Crippen LogP) is 1.09. The predicted molar refractivity (Wildman–Crippen MR) is 41.9 cm³/mol. The molecule has 2 nitrogen and oxygen atoms in total. The molecule has 1 fully saturated rings. The Kier molecular flexibility index (Phi) is 2.02. The Morgan fingerprint density at radius 2 is 2.00 bits per heavy atom. The quantitative estimate of drug-likeness (QED) is 0.509. The summed E-state index contributed by atoms with van der Waals surface area (Å²) in [6.45, 7) is 2.02. The van der Waals surface area contributed by atoms with Crippen LogP contribution in [0.1, 0.15) is 32.6 Å². The van der Waals surface area contributed by atoms with Gasteiger partial charge in [-0.1, -0.05) is 0 Å². The highest BCUT2D eigenvalue weighted by atomic mass is 16.6.